The summed E-state index contributed by atoms with van der Waals surface area (Å²) >= 11 is 8.06. The van der Waals surface area contributed by atoms with E-state index in [1.807, 2.05) is 11.8 Å². The fourth-order valence-electron chi connectivity index (χ4n) is 1.88. The van der Waals surface area contributed by atoms with Gasteiger partial charge in [0.1, 0.15) is 5.82 Å². The second-order valence-electron chi connectivity index (χ2n) is 4.44. The molecule has 0 saturated carbocycles. The number of hydrogen-bond donors (Lipinski definition) is 0. The first-order valence-electron chi connectivity index (χ1n) is 5.29. The summed E-state index contributed by atoms with van der Waals surface area (Å²) in [5.41, 5.74) is 0. The molecular formula is C10H16ClN3S. The molecule has 1 atom stereocenters. The first kappa shape index (κ1) is 11.3. The van der Waals surface area contributed by atoms with E-state index < -0.39 is 0 Å². The molecule has 0 aliphatic carbocycles. The molecule has 1 aromatic rings. The summed E-state index contributed by atoms with van der Waals surface area (Å²) in [5, 5.41) is 8.66. The van der Waals surface area contributed by atoms with Crippen molar-refractivity contribution in [1.29, 1.82) is 0 Å². The van der Waals surface area contributed by atoms with E-state index in [1.54, 1.807) is 0 Å². The summed E-state index contributed by atoms with van der Waals surface area (Å²) in [6.07, 6.45) is 2.03. The number of thioether (sulfide) groups is 1. The normalized spacial score (nSPS) is 23.9. The minimum absolute atomic E-state index is 0.258. The van der Waals surface area contributed by atoms with Crippen LogP contribution in [0.4, 0.5) is 0 Å². The molecule has 0 aromatic carbocycles. The monoisotopic (exact) mass is 245 g/mol. The van der Waals surface area contributed by atoms with E-state index in [4.69, 9.17) is 11.6 Å². The van der Waals surface area contributed by atoms with Gasteiger partial charge in [0.2, 0.25) is 5.28 Å². The van der Waals surface area contributed by atoms with E-state index >= 15 is 0 Å². The van der Waals surface area contributed by atoms with Gasteiger partial charge >= 0.3 is 0 Å². The predicted molar refractivity (Wildman–Crippen MR) is 64.6 cm³/mol. The standard InChI is InChI=1S/C10H16ClN3S/c1-4-5-8-12-13-9(11)14(8)7-6-15-10(7,2)3/h7H,4-6H2,1-3H3. The Balaban J connectivity index is 2.30. The smallest absolute Gasteiger partial charge is 0.225 e. The number of nitrogens with zero attached hydrogens (tertiary/aromatic N) is 3. The van der Waals surface area contributed by atoms with Crippen LogP contribution in [0.2, 0.25) is 5.28 Å². The number of rotatable bonds is 3. The number of halogens is 1. The van der Waals surface area contributed by atoms with Crippen molar-refractivity contribution < 1.29 is 0 Å². The van der Waals surface area contributed by atoms with Gasteiger partial charge in [-0.3, -0.25) is 4.57 Å². The highest BCUT2D eigenvalue weighted by Gasteiger charge is 2.42. The zero-order chi connectivity index (χ0) is 11.1. The molecule has 2 rings (SSSR count). The second-order valence-corrected chi connectivity index (χ2v) is 6.45. The summed E-state index contributed by atoms with van der Waals surface area (Å²) < 4.78 is 2.37. The molecule has 5 heteroatoms. The summed E-state index contributed by atoms with van der Waals surface area (Å²) in [6, 6.07) is 0.451. The van der Waals surface area contributed by atoms with Crippen LogP contribution < -0.4 is 0 Å². The molecule has 0 N–H and O–H groups in total. The number of aromatic nitrogens is 3. The lowest BCUT2D eigenvalue weighted by molar-refractivity contribution is 0.405. The Morgan fingerprint density at radius 1 is 1.53 bits per heavy atom. The molecule has 3 nitrogen and oxygen atoms in total. The van der Waals surface area contributed by atoms with Gasteiger partial charge in [0.25, 0.3) is 0 Å². The average Bonchev–Trinajstić information content (AvgIpc) is 2.49. The van der Waals surface area contributed by atoms with Gasteiger partial charge in [-0.1, -0.05) is 6.92 Å². The van der Waals surface area contributed by atoms with Crippen molar-refractivity contribution in [2.45, 2.75) is 44.4 Å². The zero-order valence-electron chi connectivity index (χ0n) is 9.33. The Labute approximate surface area is 99.6 Å². The van der Waals surface area contributed by atoms with E-state index in [9.17, 15) is 0 Å². The Morgan fingerprint density at radius 3 is 2.73 bits per heavy atom. The Kier molecular flexibility index (Phi) is 2.99. The highest BCUT2D eigenvalue weighted by molar-refractivity contribution is 8.02. The molecule has 1 saturated heterocycles. The molecule has 0 spiro atoms. The molecule has 1 aliphatic heterocycles. The molecule has 15 heavy (non-hydrogen) atoms. The first-order valence-corrected chi connectivity index (χ1v) is 6.66. The fraction of sp³-hybridized carbons (Fsp3) is 0.800. The van der Waals surface area contributed by atoms with Crippen molar-refractivity contribution in [2.24, 2.45) is 0 Å². The van der Waals surface area contributed by atoms with Crippen LogP contribution in [0.1, 0.15) is 39.1 Å². The maximum absolute atomic E-state index is 6.10. The summed E-state index contributed by atoms with van der Waals surface area (Å²) in [4.78, 5) is 0. The van der Waals surface area contributed by atoms with Crippen LogP contribution in [0.3, 0.4) is 0 Å². The SMILES string of the molecule is CCCc1nnc(Cl)n1C1CSC1(C)C. The van der Waals surface area contributed by atoms with Gasteiger partial charge in [-0.25, -0.2) is 0 Å². The van der Waals surface area contributed by atoms with Crippen molar-refractivity contribution in [3.63, 3.8) is 0 Å². The van der Waals surface area contributed by atoms with Gasteiger partial charge < -0.3 is 0 Å². The van der Waals surface area contributed by atoms with Crippen LogP contribution in [0.5, 0.6) is 0 Å². The van der Waals surface area contributed by atoms with Crippen LogP contribution >= 0.6 is 23.4 Å². The lowest BCUT2D eigenvalue weighted by Gasteiger charge is -2.44. The highest BCUT2D eigenvalue weighted by atomic mass is 35.5. The van der Waals surface area contributed by atoms with Crippen molar-refractivity contribution in [1.82, 2.24) is 14.8 Å². The lowest BCUT2D eigenvalue weighted by Crippen LogP contribution is -2.42. The highest BCUT2D eigenvalue weighted by Crippen LogP contribution is 2.49. The molecule has 1 unspecified atom stereocenters. The van der Waals surface area contributed by atoms with Gasteiger partial charge in [0.15, 0.2) is 0 Å². The van der Waals surface area contributed by atoms with Crippen molar-refractivity contribution in [2.75, 3.05) is 5.75 Å². The molecule has 0 bridgehead atoms. The summed E-state index contributed by atoms with van der Waals surface area (Å²) in [7, 11) is 0. The first-order chi connectivity index (χ1) is 7.06. The van der Waals surface area contributed by atoms with Crippen LogP contribution in [-0.4, -0.2) is 25.3 Å². The van der Waals surface area contributed by atoms with Crippen LogP contribution in [-0.2, 0) is 6.42 Å². The van der Waals surface area contributed by atoms with E-state index in [0.717, 1.165) is 24.4 Å². The Morgan fingerprint density at radius 2 is 2.27 bits per heavy atom. The maximum atomic E-state index is 6.10. The van der Waals surface area contributed by atoms with Crippen molar-refractivity contribution >= 4 is 23.4 Å². The van der Waals surface area contributed by atoms with Crippen LogP contribution in [0.15, 0.2) is 0 Å². The Bertz CT molecular complexity index is 362. The largest absolute Gasteiger partial charge is 0.296 e. The quantitative estimate of drug-likeness (QED) is 0.821. The van der Waals surface area contributed by atoms with E-state index in [1.165, 1.54) is 0 Å². The fourth-order valence-corrected chi connectivity index (χ4v) is 3.37. The minimum Gasteiger partial charge on any atom is -0.296 e. The van der Waals surface area contributed by atoms with Gasteiger partial charge in [0, 0.05) is 16.9 Å². The molecule has 2 heterocycles. The van der Waals surface area contributed by atoms with Crippen LogP contribution in [0, 0.1) is 0 Å². The van der Waals surface area contributed by atoms with Gasteiger partial charge in [-0.05, 0) is 31.9 Å². The average molecular weight is 246 g/mol. The minimum atomic E-state index is 0.258. The number of hydrogen-bond acceptors (Lipinski definition) is 3. The van der Waals surface area contributed by atoms with Gasteiger partial charge in [-0.2, -0.15) is 11.8 Å². The third-order valence-corrected chi connectivity index (χ3v) is 4.68. The van der Waals surface area contributed by atoms with Gasteiger partial charge in [0.05, 0.1) is 6.04 Å². The topological polar surface area (TPSA) is 30.7 Å². The molecule has 1 aliphatic rings. The third-order valence-electron chi connectivity index (χ3n) is 2.93. The zero-order valence-corrected chi connectivity index (χ0v) is 10.9. The van der Waals surface area contributed by atoms with E-state index in [2.05, 4.69) is 35.5 Å². The molecule has 0 amide bonds. The van der Waals surface area contributed by atoms with Crippen molar-refractivity contribution in [3.8, 4) is 0 Å². The molecule has 0 radical (unpaired) electrons. The van der Waals surface area contributed by atoms with Crippen molar-refractivity contribution in [3.05, 3.63) is 11.1 Å². The molecular weight excluding hydrogens is 230 g/mol. The maximum Gasteiger partial charge on any atom is 0.225 e. The third kappa shape index (κ3) is 1.89. The number of aryl methyl sites for hydroxylation is 1. The lowest BCUT2D eigenvalue weighted by atomic mass is 10.0. The summed E-state index contributed by atoms with van der Waals surface area (Å²) in [6.45, 7) is 6.64. The Hall–Kier alpha value is -0.220. The molecule has 84 valence electrons. The molecule has 1 aromatic heterocycles. The summed E-state index contributed by atoms with van der Waals surface area (Å²) in [5.74, 6) is 2.14. The molecule has 1 fully saturated rings. The predicted octanol–water partition coefficient (Wildman–Crippen LogP) is 2.95. The van der Waals surface area contributed by atoms with E-state index in [0.29, 0.717) is 11.3 Å². The van der Waals surface area contributed by atoms with E-state index in [-0.39, 0.29) is 4.75 Å². The second kappa shape index (κ2) is 3.98. The van der Waals surface area contributed by atoms with Gasteiger partial charge in [-0.15, -0.1) is 10.2 Å². The van der Waals surface area contributed by atoms with Crippen LogP contribution in [0.25, 0.3) is 0 Å².